The predicted octanol–water partition coefficient (Wildman–Crippen LogP) is 0.412. The number of anilines is 1. The highest BCUT2D eigenvalue weighted by molar-refractivity contribution is 5.86. The van der Waals surface area contributed by atoms with E-state index < -0.39 is 5.97 Å². The molecule has 16 heavy (non-hydrogen) atoms. The number of esters is 1. The van der Waals surface area contributed by atoms with E-state index in [1.807, 2.05) is 13.8 Å². The van der Waals surface area contributed by atoms with Crippen molar-refractivity contribution in [2.75, 3.05) is 19.0 Å². The normalized spacial score (nSPS) is 11.0. The SMILES string of the molecule is COC(=O)c1ccc(NC(C)(C)CN)nn1. The van der Waals surface area contributed by atoms with E-state index in [1.54, 1.807) is 12.1 Å². The number of carbonyl (C=O) groups excluding carboxylic acids is 1. The fourth-order valence-electron chi connectivity index (χ4n) is 1.01. The summed E-state index contributed by atoms with van der Waals surface area (Å²) in [6.07, 6.45) is 0. The molecule has 0 spiro atoms. The van der Waals surface area contributed by atoms with Gasteiger partial charge in [-0.3, -0.25) is 0 Å². The summed E-state index contributed by atoms with van der Waals surface area (Å²) in [7, 11) is 1.30. The van der Waals surface area contributed by atoms with Crippen molar-refractivity contribution in [3.63, 3.8) is 0 Å². The van der Waals surface area contributed by atoms with Gasteiger partial charge in [0.2, 0.25) is 0 Å². The Balaban J connectivity index is 2.76. The molecule has 1 aromatic heterocycles. The maximum absolute atomic E-state index is 11.1. The third kappa shape index (κ3) is 3.16. The highest BCUT2D eigenvalue weighted by Crippen LogP contribution is 2.10. The summed E-state index contributed by atoms with van der Waals surface area (Å²) in [5.41, 5.74) is 5.49. The molecule has 0 saturated carbocycles. The maximum atomic E-state index is 11.1. The van der Waals surface area contributed by atoms with Gasteiger partial charge in [-0.15, -0.1) is 10.2 Å². The summed E-state index contributed by atoms with van der Waals surface area (Å²) in [4.78, 5) is 11.1. The molecule has 88 valence electrons. The molecule has 0 unspecified atom stereocenters. The van der Waals surface area contributed by atoms with Gasteiger partial charge < -0.3 is 15.8 Å². The number of nitrogens with one attached hydrogen (secondary N) is 1. The molecule has 0 aliphatic heterocycles. The molecule has 0 fully saturated rings. The molecule has 6 nitrogen and oxygen atoms in total. The van der Waals surface area contributed by atoms with Crippen LogP contribution in [0.4, 0.5) is 5.82 Å². The summed E-state index contributed by atoms with van der Waals surface area (Å²) in [6.45, 7) is 4.36. The zero-order chi connectivity index (χ0) is 12.2. The Hall–Kier alpha value is -1.69. The lowest BCUT2D eigenvalue weighted by Crippen LogP contribution is -2.39. The second-order valence-electron chi connectivity index (χ2n) is 4.01. The van der Waals surface area contributed by atoms with Gasteiger partial charge in [0.1, 0.15) is 5.82 Å². The Morgan fingerprint density at radius 3 is 2.62 bits per heavy atom. The lowest BCUT2D eigenvalue weighted by Gasteiger charge is -2.24. The number of carbonyl (C=O) groups is 1. The van der Waals surface area contributed by atoms with Crippen LogP contribution in [0.2, 0.25) is 0 Å². The van der Waals surface area contributed by atoms with Crippen LogP contribution in [0.3, 0.4) is 0 Å². The lowest BCUT2D eigenvalue weighted by molar-refractivity contribution is 0.0593. The highest BCUT2D eigenvalue weighted by Gasteiger charge is 2.16. The molecule has 1 aromatic rings. The van der Waals surface area contributed by atoms with Crippen LogP contribution in [-0.2, 0) is 4.74 Å². The third-order valence-corrected chi connectivity index (χ3v) is 2.04. The quantitative estimate of drug-likeness (QED) is 0.720. The molecule has 1 heterocycles. The molecule has 6 heteroatoms. The van der Waals surface area contributed by atoms with Crippen LogP contribution in [-0.4, -0.2) is 35.4 Å². The molecular formula is C10H16N4O2. The number of aromatic nitrogens is 2. The summed E-state index contributed by atoms with van der Waals surface area (Å²) in [5.74, 6) is 0.0697. The fraction of sp³-hybridized carbons (Fsp3) is 0.500. The molecule has 0 aliphatic carbocycles. The van der Waals surface area contributed by atoms with Crippen molar-refractivity contribution in [3.8, 4) is 0 Å². The van der Waals surface area contributed by atoms with Crippen molar-refractivity contribution in [1.29, 1.82) is 0 Å². The zero-order valence-corrected chi connectivity index (χ0v) is 9.65. The second kappa shape index (κ2) is 4.89. The minimum Gasteiger partial charge on any atom is -0.464 e. The molecule has 1 rings (SSSR count). The van der Waals surface area contributed by atoms with E-state index in [9.17, 15) is 4.79 Å². The van der Waals surface area contributed by atoms with Gasteiger partial charge in [0.25, 0.3) is 0 Å². The topological polar surface area (TPSA) is 90.1 Å². The number of nitrogens with zero attached hydrogens (tertiary/aromatic N) is 2. The minimum atomic E-state index is -0.503. The first-order valence-corrected chi connectivity index (χ1v) is 4.89. The first kappa shape index (κ1) is 12.4. The molecular weight excluding hydrogens is 208 g/mol. The molecule has 3 N–H and O–H groups in total. The highest BCUT2D eigenvalue weighted by atomic mass is 16.5. The minimum absolute atomic E-state index is 0.179. The van der Waals surface area contributed by atoms with Gasteiger partial charge in [-0.1, -0.05) is 0 Å². The van der Waals surface area contributed by atoms with E-state index in [4.69, 9.17) is 5.73 Å². The number of hydrogen-bond acceptors (Lipinski definition) is 6. The molecule has 0 aliphatic rings. The molecule has 0 radical (unpaired) electrons. The maximum Gasteiger partial charge on any atom is 0.358 e. The summed E-state index contributed by atoms with van der Waals surface area (Å²) >= 11 is 0. The van der Waals surface area contributed by atoms with Crippen molar-refractivity contribution in [1.82, 2.24) is 10.2 Å². The Morgan fingerprint density at radius 2 is 2.19 bits per heavy atom. The number of nitrogens with two attached hydrogens (primary N) is 1. The average molecular weight is 224 g/mol. The van der Waals surface area contributed by atoms with E-state index >= 15 is 0 Å². The van der Waals surface area contributed by atoms with Crippen molar-refractivity contribution in [2.45, 2.75) is 19.4 Å². The average Bonchev–Trinajstić information content (AvgIpc) is 2.28. The van der Waals surface area contributed by atoms with E-state index in [0.29, 0.717) is 12.4 Å². The van der Waals surface area contributed by atoms with Gasteiger partial charge in [0.05, 0.1) is 7.11 Å². The first-order valence-electron chi connectivity index (χ1n) is 4.89. The van der Waals surface area contributed by atoms with E-state index in [2.05, 4.69) is 20.3 Å². The van der Waals surface area contributed by atoms with Crippen LogP contribution in [0.15, 0.2) is 12.1 Å². The largest absolute Gasteiger partial charge is 0.464 e. The monoisotopic (exact) mass is 224 g/mol. The fourth-order valence-corrected chi connectivity index (χ4v) is 1.01. The number of hydrogen-bond donors (Lipinski definition) is 2. The van der Waals surface area contributed by atoms with Crippen LogP contribution in [0.5, 0.6) is 0 Å². The van der Waals surface area contributed by atoms with Crippen LogP contribution in [0, 0.1) is 0 Å². The lowest BCUT2D eigenvalue weighted by atomic mass is 10.1. The van der Waals surface area contributed by atoms with Gasteiger partial charge in [-0.25, -0.2) is 4.79 Å². The Morgan fingerprint density at radius 1 is 1.50 bits per heavy atom. The van der Waals surface area contributed by atoms with Gasteiger partial charge in [-0.05, 0) is 26.0 Å². The Kier molecular flexibility index (Phi) is 3.78. The summed E-state index contributed by atoms with van der Waals surface area (Å²) in [5, 5.41) is 10.7. The standard InChI is InChI=1S/C10H16N4O2/c1-10(2,6-11)12-8-5-4-7(13-14-8)9(15)16-3/h4-5H,6,11H2,1-3H3,(H,12,14). The van der Waals surface area contributed by atoms with Crippen molar-refractivity contribution >= 4 is 11.8 Å². The van der Waals surface area contributed by atoms with Gasteiger partial charge >= 0.3 is 5.97 Å². The van der Waals surface area contributed by atoms with E-state index in [-0.39, 0.29) is 11.2 Å². The van der Waals surface area contributed by atoms with Crippen LogP contribution >= 0.6 is 0 Å². The first-order chi connectivity index (χ1) is 7.48. The van der Waals surface area contributed by atoms with Crippen molar-refractivity contribution in [3.05, 3.63) is 17.8 Å². The van der Waals surface area contributed by atoms with Gasteiger partial charge in [-0.2, -0.15) is 0 Å². The summed E-state index contributed by atoms with van der Waals surface area (Å²) in [6, 6.07) is 3.21. The van der Waals surface area contributed by atoms with E-state index in [1.165, 1.54) is 7.11 Å². The van der Waals surface area contributed by atoms with Crippen LogP contribution in [0.1, 0.15) is 24.3 Å². The van der Waals surface area contributed by atoms with Gasteiger partial charge in [0.15, 0.2) is 5.69 Å². The van der Waals surface area contributed by atoms with Crippen molar-refractivity contribution in [2.24, 2.45) is 5.73 Å². The number of rotatable bonds is 4. The molecule has 0 aromatic carbocycles. The zero-order valence-electron chi connectivity index (χ0n) is 9.65. The molecule has 0 bridgehead atoms. The Bertz CT molecular complexity index is 362. The number of ether oxygens (including phenoxy) is 1. The van der Waals surface area contributed by atoms with Crippen LogP contribution in [0.25, 0.3) is 0 Å². The Labute approximate surface area is 94.2 Å². The summed E-state index contributed by atoms with van der Waals surface area (Å²) < 4.78 is 4.52. The predicted molar refractivity (Wildman–Crippen MR) is 60.1 cm³/mol. The number of methoxy groups -OCH3 is 1. The van der Waals surface area contributed by atoms with Crippen LogP contribution < -0.4 is 11.1 Å². The second-order valence-corrected chi connectivity index (χ2v) is 4.01. The molecule has 0 atom stereocenters. The smallest absolute Gasteiger partial charge is 0.358 e. The third-order valence-electron chi connectivity index (χ3n) is 2.04. The molecule has 0 amide bonds. The van der Waals surface area contributed by atoms with Crippen molar-refractivity contribution < 1.29 is 9.53 Å². The van der Waals surface area contributed by atoms with Gasteiger partial charge in [0, 0.05) is 12.1 Å². The molecule has 0 saturated heterocycles. The van der Waals surface area contributed by atoms with E-state index in [0.717, 1.165) is 0 Å².